The van der Waals surface area contributed by atoms with Gasteiger partial charge in [0, 0.05) is 50.6 Å². The molecule has 0 saturated heterocycles. The quantitative estimate of drug-likeness (QED) is 0.0957. The highest BCUT2D eigenvalue weighted by Crippen LogP contribution is 2.66. The minimum Gasteiger partial charge on any atom is -0.310 e. The van der Waals surface area contributed by atoms with Gasteiger partial charge in [0.1, 0.15) is 0 Å². The van der Waals surface area contributed by atoms with Crippen LogP contribution < -0.4 is 9.80 Å². The minimum atomic E-state index is 0.217. The van der Waals surface area contributed by atoms with E-state index < -0.39 is 0 Å². The predicted octanol–water partition coefficient (Wildman–Crippen LogP) is 18.8. The van der Waals surface area contributed by atoms with E-state index in [4.69, 9.17) is 0 Å². The molecule has 0 spiro atoms. The van der Waals surface area contributed by atoms with Crippen LogP contribution in [-0.4, -0.2) is 4.57 Å². The summed E-state index contributed by atoms with van der Waals surface area (Å²) >= 11 is 0. The molecule has 1 aromatic heterocycles. The fraction of sp³-hybridized carbons (Fsp3) is 0.265. The maximum absolute atomic E-state index is 4.04. The monoisotopic (exact) mass is 926 g/mol. The van der Waals surface area contributed by atoms with Gasteiger partial charge in [0.05, 0.1) is 11.0 Å². The van der Waals surface area contributed by atoms with Crippen LogP contribution in [0.1, 0.15) is 106 Å². The number of anilines is 6. The number of aromatic nitrogens is 1. The van der Waals surface area contributed by atoms with Gasteiger partial charge in [-0.1, -0.05) is 136 Å². The lowest BCUT2D eigenvalue weighted by molar-refractivity contribution is -0.0281. The molecule has 0 amide bonds. The van der Waals surface area contributed by atoms with Crippen molar-refractivity contribution in [3.8, 4) is 5.69 Å². The summed E-state index contributed by atoms with van der Waals surface area (Å²) in [5.74, 6) is 1.58. The molecule has 9 aromatic rings. The number of hydrogen-bond donors (Lipinski definition) is 0. The first-order valence-electron chi connectivity index (χ1n) is 26.7. The molecule has 71 heavy (non-hydrogen) atoms. The molecule has 0 radical (unpaired) electrons. The van der Waals surface area contributed by atoms with Gasteiger partial charge in [-0.3, -0.25) is 0 Å². The second-order valence-corrected chi connectivity index (χ2v) is 21.5. The largest absolute Gasteiger partial charge is 0.310 e. The zero-order valence-corrected chi connectivity index (χ0v) is 41.7. The molecular weight excluding hydrogens is 859 g/mol. The standard InChI is InChI=1S/C68H67N3/c1-4-7-15-50-23-31-58(32-24-50)69(56-17-11-9-12-18-56)61-37-39-65-63(42-61)64-43-62(70(57-19-13-10-14-20-57)59-33-25-51(26-34-59)16-8-5-2)38-40-66(64)71(65)60-35-29-55(30-36-60)68-46-52-41-53(47-68)45-67(44-52,48-68)54-27-21-49(6-3)22-28-54/h6,9-14,17-40,42-43,52-53H,3-5,7-8,15-16,41,44-48H2,1-2H3. The van der Waals surface area contributed by atoms with Gasteiger partial charge in [-0.05, 0) is 212 Å². The summed E-state index contributed by atoms with van der Waals surface area (Å²) in [5.41, 5.74) is 18.1. The third-order valence-corrected chi connectivity index (χ3v) is 16.9. The van der Waals surface area contributed by atoms with Crippen molar-refractivity contribution in [2.24, 2.45) is 11.8 Å². The maximum Gasteiger partial charge on any atom is 0.0542 e. The Labute approximate surface area is 422 Å². The van der Waals surface area contributed by atoms with Gasteiger partial charge in [-0.15, -0.1) is 0 Å². The number of hydrogen-bond acceptors (Lipinski definition) is 2. The highest BCUT2D eigenvalue weighted by atomic mass is 15.1. The molecule has 2 atom stereocenters. The predicted molar refractivity (Wildman–Crippen MR) is 302 cm³/mol. The van der Waals surface area contributed by atoms with E-state index in [1.807, 2.05) is 6.08 Å². The molecule has 3 heteroatoms. The lowest BCUT2D eigenvalue weighted by Gasteiger charge is -2.63. The summed E-state index contributed by atoms with van der Waals surface area (Å²) in [7, 11) is 0. The molecule has 0 aliphatic heterocycles. The highest BCUT2D eigenvalue weighted by molar-refractivity contribution is 6.12. The minimum absolute atomic E-state index is 0.217. The Morgan fingerprint density at radius 2 is 0.887 bits per heavy atom. The topological polar surface area (TPSA) is 11.4 Å². The summed E-state index contributed by atoms with van der Waals surface area (Å²) in [6, 6.07) is 73.8. The van der Waals surface area contributed by atoms with Crippen LogP contribution in [0.25, 0.3) is 33.6 Å². The Morgan fingerprint density at radius 3 is 1.31 bits per heavy atom. The third-order valence-electron chi connectivity index (χ3n) is 16.9. The van der Waals surface area contributed by atoms with E-state index in [9.17, 15) is 0 Å². The van der Waals surface area contributed by atoms with E-state index in [0.29, 0.717) is 0 Å². The fourth-order valence-electron chi connectivity index (χ4n) is 13.9. The van der Waals surface area contributed by atoms with Crippen LogP contribution in [0.5, 0.6) is 0 Å². The maximum atomic E-state index is 4.04. The van der Waals surface area contributed by atoms with Gasteiger partial charge in [0.25, 0.3) is 0 Å². The molecule has 0 N–H and O–H groups in total. The molecule has 4 aliphatic carbocycles. The van der Waals surface area contributed by atoms with Gasteiger partial charge in [-0.2, -0.15) is 0 Å². The fourth-order valence-corrected chi connectivity index (χ4v) is 13.9. The van der Waals surface area contributed by atoms with Crippen LogP contribution >= 0.6 is 0 Å². The van der Waals surface area contributed by atoms with Crippen molar-refractivity contribution in [3.05, 3.63) is 229 Å². The van der Waals surface area contributed by atoms with Gasteiger partial charge in [-0.25, -0.2) is 0 Å². The first-order chi connectivity index (χ1) is 34.9. The highest BCUT2D eigenvalue weighted by Gasteiger charge is 2.58. The normalized spacial score (nSPS) is 20.1. The molecule has 13 rings (SSSR count). The Hall–Kier alpha value is -7.10. The van der Waals surface area contributed by atoms with Crippen LogP contribution in [0.4, 0.5) is 34.1 Å². The number of fused-ring (bicyclic) bond motifs is 3. The van der Waals surface area contributed by atoms with E-state index in [2.05, 4.69) is 229 Å². The van der Waals surface area contributed by atoms with Crippen molar-refractivity contribution in [1.82, 2.24) is 4.57 Å². The van der Waals surface area contributed by atoms with E-state index in [1.165, 1.54) is 114 Å². The zero-order valence-electron chi connectivity index (χ0n) is 41.7. The molecule has 2 unspecified atom stereocenters. The second-order valence-electron chi connectivity index (χ2n) is 21.5. The van der Waals surface area contributed by atoms with E-state index in [-0.39, 0.29) is 10.8 Å². The van der Waals surface area contributed by atoms with Crippen molar-refractivity contribution >= 4 is 62.0 Å². The van der Waals surface area contributed by atoms with Gasteiger partial charge < -0.3 is 14.4 Å². The van der Waals surface area contributed by atoms with Crippen LogP contribution in [0.3, 0.4) is 0 Å². The third kappa shape index (κ3) is 8.37. The molecule has 4 aliphatic rings. The summed E-state index contributed by atoms with van der Waals surface area (Å²) in [4.78, 5) is 4.85. The summed E-state index contributed by atoms with van der Waals surface area (Å²) in [6.45, 7) is 8.58. The van der Waals surface area contributed by atoms with E-state index >= 15 is 0 Å². The molecule has 3 nitrogen and oxygen atoms in total. The number of benzene rings is 8. The Balaban J connectivity index is 0.992. The first kappa shape index (κ1) is 45.1. The number of nitrogens with zero attached hydrogens (tertiary/aromatic N) is 3. The number of aryl methyl sites for hydroxylation is 2. The van der Waals surface area contributed by atoms with Crippen LogP contribution in [0.2, 0.25) is 0 Å². The van der Waals surface area contributed by atoms with Crippen molar-refractivity contribution in [2.45, 2.75) is 102 Å². The lowest BCUT2D eigenvalue weighted by atomic mass is 9.42. The van der Waals surface area contributed by atoms with E-state index in [0.717, 1.165) is 58.8 Å². The average Bonchev–Trinajstić information content (AvgIpc) is 3.74. The zero-order chi connectivity index (χ0) is 47.9. The molecule has 354 valence electrons. The van der Waals surface area contributed by atoms with Crippen LogP contribution in [-0.2, 0) is 23.7 Å². The molecule has 4 fully saturated rings. The summed E-state index contributed by atoms with van der Waals surface area (Å²) in [6.07, 6.45) is 16.9. The van der Waals surface area contributed by atoms with E-state index in [1.54, 1.807) is 5.56 Å². The van der Waals surface area contributed by atoms with Crippen molar-refractivity contribution in [2.75, 3.05) is 9.80 Å². The first-order valence-corrected chi connectivity index (χ1v) is 26.7. The molecule has 8 aromatic carbocycles. The number of unbranched alkanes of at least 4 members (excludes halogenated alkanes) is 2. The SMILES string of the molecule is C=Cc1ccc(C23CC4CC(C2)CC(c2ccc(-n5c6ccc(N(c7ccccc7)c7ccc(CCCC)cc7)cc6c6cc(N(c7ccccc7)c7ccc(CCCC)cc7)ccc65)cc2)(C4)C3)cc1. The summed E-state index contributed by atoms with van der Waals surface area (Å²) < 4.78 is 2.52. The van der Waals surface area contributed by atoms with Gasteiger partial charge in [0.15, 0.2) is 0 Å². The Kier molecular flexibility index (Phi) is 12.0. The number of para-hydroxylation sites is 2. The molecule has 4 saturated carbocycles. The van der Waals surface area contributed by atoms with Crippen molar-refractivity contribution < 1.29 is 0 Å². The van der Waals surface area contributed by atoms with Gasteiger partial charge in [0.2, 0.25) is 0 Å². The summed E-state index contributed by atoms with van der Waals surface area (Å²) in [5, 5.41) is 2.47. The molecular formula is C68H67N3. The van der Waals surface area contributed by atoms with Crippen molar-refractivity contribution in [1.29, 1.82) is 0 Å². The van der Waals surface area contributed by atoms with Gasteiger partial charge >= 0.3 is 0 Å². The molecule has 4 bridgehead atoms. The Morgan fingerprint density at radius 1 is 0.479 bits per heavy atom. The lowest BCUT2D eigenvalue weighted by Crippen LogP contribution is -2.55. The van der Waals surface area contributed by atoms with Crippen molar-refractivity contribution in [3.63, 3.8) is 0 Å². The Bertz CT molecular complexity index is 3130. The smallest absolute Gasteiger partial charge is 0.0542 e. The number of rotatable bonds is 16. The second kappa shape index (κ2) is 18.9. The van der Waals surface area contributed by atoms with Crippen LogP contribution in [0.15, 0.2) is 201 Å². The molecule has 1 heterocycles. The van der Waals surface area contributed by atoms with Crippen LogP contribution in [0, 0.1) is 11.8 Å². The average molecular weight is 926 g/mol.